The quantitative estimate of drug-likeness (QED) is 0.875. The highest BCUT2D eigenvalue weighted by Gasteiger charge is 2.54. The maximum absolute atomic E-state index is 13.0. The van der Waals surface area contributed by atoms with Gasteiger partial charge in [0.1, 0.15) is 5.82 Å². The van der Waals surface area contributed by atoms with Crippen molar-refractivity contribution in [3.8, 4) is 0 Å². The Balaban J connectivity index is 1.75. The summed E-state index contributed by atoms with van der Waals surface area (Å²) in [7, 11) is 0. The molecular weight excluding hydrogens is 273 g/mol. The van der Waals surface area contributed by atoms with E-state index in [0.717, 1.165) is 24.8 Å². The molecule has 0 unspecified atom stereocenters. The van der Waals surface area contributed by atoms with Crippen LogP contribution < -0.4 is 5.32 Å². The Labute approximate surface area is 122 Å². The van der Waals surface area contributed by atoms with Gasteiger partial charge in [-0.15, -0.1) is 0 Å². The van der Waals surface area contributed by atoms with E-state index in [1.807, 2.05) is 0 Å². The minimum atomic E-state index is -0.887. The van der Waals surface area contributed by atoms with Crippen molar-refractivity contribution in [2.45, 2.75) is 49.5 Å². The van der Waals surface area contributed by atoms with Gasteiger partial charge in [-0.2, -0.15) is 0 Å². The number of amides is 1. The SMILES string of the molecule is O=C(O)CC1(NC(=O)C2(c3ccc(F)cc3)CC2)CCC1. The molecule has 0 saturated heterocycles. The third kappa shape index (κ3) is 2.52. The molecule has 0 aliphatic heterocycles. The molecule has 0 heterocycles. The van der Waals surface area contributed by atoms with Gasteiger partial charge in [-0.1, -0.05) is 12.1 Å². The van der Waals surface area contributed by atoms with Gasteiger partial charge in [-0.25, -0.2) is 4.39 Å². The number of carbonyl (C=O) groups excluding carboxylic acids is 1. The van der Waals surface area contributed by atoms with Gasteiger partial charge in [0, 0.05) is 0 Å². The van der Waals surface area contributed by atoms with Crippen LogP contribution in [-0.2, 0) is 15.0 Å². The molecule has 4 nitrogen and oxygen atoms in total. The van der Waals surface area contributed by atoms with E-state index in [2.05, 4.69) is 5.32 Å². The molecule has 21 heavy (non-hydrogen) atoms. The fraction of sp³-hybridized carbons (Fsp3) is 0.500. The molecule has 112 valence electrons. The highest BCUT2D eigenvalue weighted by Crippen LogP contribution is 2.49. The van der Waals surface area contributed by atoms with Crippen LogP contribution in [-0.4, -0.2) is 22.5 Å². The van der Waals surface area contributed by atoms with Crippen LogP contribution >= 0.6 is 0 Å². The van der Waals surface area contributed by atoms with Crippen LogP contribution in [0.4, 0.5) is 4.39 Å². The van der Waals surface area contributed by atoms with Crippen LogP contribution in [0.2, 0.25) is 0 Å². The van der Waals surface area contributed by atoms with Gasteiger partial charge in [-0.05, 0) is 49.8 Å². The predicted molar refractivity (Wildman–Crippen MR) is 74.3 cm³/mol. The Morgan fingerprint density at radius 3 is 2.19 bits per heavy atom. The molecule has 0 aromatic heterocycles. The lowest BCUT2D eigenvalue weighted by Crippen LogP contribution is -2.57. The van der Waals surface area contributed by atoms with E-state index in [0.29, 0.717) is 12.8 Å². The average Bonchev–Trinajstić information content (AvgIpc) is 3.18. The van der Waals surface area contributed by atoms with E-state index in [4.69, 9.17) is 5.11 Å². The molecule has 3 rings (SSSR count). The van der Waals surface area contributed by atoms with E-state index >= 15 is 0 Å². The first-order chi connectivity index (χ1) is 9.96. The molecule has 1 aromatic carbocycles. The summed E-state index contributed by atoms with van der Waals surface area (Å²) in [6.45, 7) is 0. The Morgan fingerprint density at radius 1 is 1.14 bits per heavy atom. The van der Waals surface area contributed by atoms with Gasteiger partial charge in [0.25, 0.3) is 0 Å². The highest BCUT2D eigenvalue weighted by molar-refractivity contribution is 5.92. The zero-order valence-corrected chi connectivity index (χ0v) is 11.7. The summed E-state index contributed by atoms with van der Waals surface area (Å²) in [5, 5.41) is 12.0. The van der Waals surface area contributed by atoms with Gasteiger partial charge in [0.15, 0.2) is 0 Å². The van der Waals surface area contributed by atoms with Crippen LogP contribution in [0, 0.1) is 5.82 Å². The largest absolute Gasteiger partial charge is 0.481 e. The molecule has 2 saturated carbocycles. The van der Waals surface area contributed by atoms with Gasteiger partial charge in [0.05, 0.1) is 17.4 Å². The van der Waals surface area contributed by atoms with E-state index < -0.39 is 16.9 Å². The van der Waals surface area contributed by atoms with Crippen molar-refractivity contribution >= 4 is 11.9 Å². The van der Waals surface area contributed by atoms with Crippen molar-refractivity contribution in [3.63, 3.8) is 0 Å². The van der Waals surface area contributed by atoms with Crippen LogP contribution in [0.25, 0.3) is 0 Å². The fourth-order valence-electron chi connectivity index (χ4n) is 3.14. The Hall–Kier alpha value is -1.91. The van der Waals surface area contributed by atoms with Crippen molar-refractivity contribution < 1.29 is 19.1 Å². The van der Waals surface area contributed by atoms with Crippen LogP contribution in [0.1, 0.15) is 44.1 Å². The number of carboxylic acids is 1. The van der Waals surface area contributed by atoms with Crippen LogP contribution in [0.5, 0.6) is 0 Å². The van der Waals surface area contributed by atoms with Crippen molar-refractivity contribution in [2.24, 2.45) is 0 Å². The third-order valence-electron chi connectivity index (χ3n) is 4.76. The number of halogens is 1. The van der Waals surface area contributed by atoms with Gasteiger partial charge in [-0.3, -0.25) is 9.59 Å². The second-order valence-electron chi connectivity index (χ2n) is 6.25. The molecule has 0 bridgehead atoms. The first kappa shape index (κ1) is 14.0. The van der Waals surface area contributed by atoms with Crippen molar-refractivity contribution in [2.75, 3.05) is 0 Å². The number of aliphatic carboxylic acids is 1. The summed E-state index contributed by atoms with van der Waals surface area (Å²) in [6.07, 6.45) is 3.80. The summed E-state index contributed by atoms with van der Waals surface area (Å²) in [5.41, 5.74) is -0.362. The molecule has 0 atom stereocenters. The maximum atomic E-state index is 13.0. The minimum absolute atomic E-state index is 0.0295. The molecule has 0 spiro atoms. The summed E-state index contributed by atoms with van der Waals surface area (Å²) >= 11 is 0. The Morgan fingerprint density at radius 2 is 1.76 bits per heavy atom. The smallest absolute Gasteiger partial charge is 0.305 e. The fourth-order valence-corrected chi connectivity index (χ4v) is 3.14. The molecular formula is C16H18FNO3. The number of hydrogen-bond donors (Lipinski definition) is 2. The number of carbonyl (C=O) groups is 2. The lowest BCUT2D eigenvalue weighted by molar-refractivity contribution is -0.140. The molecule has 0 radical (unpaired) electrons. The number of nitrogens with one attached hydrogen (secondary N) is 1. The first-order valence-electron chi connectivity index (χ1n) is 7.26. The lowest BCUT2D eigenvalue weighted by Gasteiger charge is -2.42. The van der Waals surface area contributed by atoms with Gasteiger partial charge >= 0.3 is 5.97 Å². The Kier molecular flexibility index (Phi) is 3.23. The van der Waals surface area contributed by atoms with E-state index in [1.165, 1.54) is 12.1 Å². The maximum Gasteiger partial charge on any atom is 0.305 e. The predicted octanol–water partition coefficient (Wildman–Crippen LogP) is 2.37. The summed E-state index contributed by atoms with van der Waals surface area (Å²) in [4.78, 5) is 23.6. The van der Waals surface area contributed by atoms with Crippen LogP contribution in [0.3, 0.4) is 0 Å². The molecule has 2 N–H and O–H groups in total. The zero-order chi connectivity index (χ0) is 15.1. The van der Waals surface area contributed by atoms with E-state index in [-0.39, 0.29) is 18.1 Å². The monoisotopic (exact) mass is 291 g/mol. The van der Waals surface area contributed by atoms with E-state index in [9.17, 15) is 14.0 Å². The number of carboxylic acid groups (broad SMARTS) is 1. The molecule has 2 aliphatic carbocycles. The topological polar surface area (TPSA) is 66.4 Å². The zero-order valence-electron chi connectivity index (χ0n) is 11.7. The minimum Gasteiger partial charge on any atom is -0.481 e. The van der Waals surface area contributed by atoms with Crippen molar-refractivity contribution in [1.29, 1.82) is 0 Å². The average molecular weight is 291 g/mol. The highest BCUT2D eigenvalue weighted by atomic mass is 19.1. The first-order valence-corrected chi connectivity index (χ1v) is 7.26. The third-order valence-corrected chi connectivity index (χ3v) is 4.76. The summed E-state index contributed by atoms with van der Waals surface area (Å²) < 4.78 is 13.0. The van der Waals surface area contributed by atoms with Crippen LogP contribution in [0.15, 0.2) is 24.3 Å². The lowest BCUT2D eigenvalue weighted by atomic mass is 9.73. The molecule has 5 heteroatoms. The second kappa shape index (κ2) is 4.83. The molecule has 2 aliphatic rings. The van der Waals surface area contributed by atoms with Crippen molar-refractivity contribution in [1.82, 2.24) is 5.32 Å². The van der Waals surface area contributed by atoms with Gasteiger partial charge < -0.3 is 10.4 Å². The summed E-state index contributed by atoms with van der Waals surface area (Å²) in [6, 6.07) is 6.01. The standard InChI is InChI=1S/C16H18FNO3/c17-12-4-2-11(3-5-12)16(8-9-16)14(21)18-15(6-1-7-15)10-13(19)20/h2-5H,1,6-10H2,(H,18,21)(H,19,20). The molecule has 1 amide bonds. The number of benzene rings is 1. The number of rotatable bonds is 5. The summed E-state index contributed by atoms with van der Waals surface area (Å²) in [5.74, 6) is -1.33. The van der Waals surface area contributed by atoms with Gasteiger partial charge in [0.2, 0.25) is 5.91 Å². The van der Waals surface area contributed by atoms with Crippen molar-refractivity contribution in [3.05, 3.63) is 35.6 Å². The normalized spacial score (nSPS) is 21.2. The second-order valence-corrected chi connectivity index (χ2v) is 6.25. The molecule has 1 aromatic rings. The number of hydrogen-bond acceptors (Lipinski definition) is 2. The molecule has 2 fully saturated rings. The Bertz CT molecular complexity index is 574. The van der Waals surface area contributed by atoms with E-state index in [1.54, 1.807) is 12.1 Å².